The molecule has 1 heterocycles. The van der Waals surface area contributed by atoms with Crippen molar-refractivity contribution in [2.24, 2.45) is 0 Å². The first kappa shape index (κ1) is 16.8. The standard InChI is InChI=1S/C16H19ClN2O2S/c1-11(2)19(12(3)20)8-14-10-22-16(18-14)9-21-15-6-4-5-13(17)7-15/h4-7,10-11H,8-9H2,1-3H3. The third kappa shape index (κ3) is 4.71. The molecule has 2 rings (SSSR count). The van der Waals surface area contributed by atoms with E-state index in [0.717, 1.165) is 16.5 Å². The van der Waals surface area contributed by atoms with Gasteiger partial charge in [-0.3, -0.25) is 4.79 Å². The van der Waals surface area contributed by atoms with Crippen molar-refractivity contribution in [2.45, 2.75) is 40.0 Å². The molecule has 0 bridgehead atoms. The number of aromatic nitrogens is 1. The van der Waals surface area contributed by atoms with Crippen LogP contribution in [-0.2, 0) is 17.9 Å². The van der Waals surface area contributed by atoms with Gasteiger partial charge in [-0.25, -0.2) is 4.98 Å². The molecule has 0 aliphatic heterocycles. The summed E-state index contributed by atoms with van der Waals surface area (Å²) in [5, 5.41) is 3.49. The lowest BCUT2D eigenvalue weighted by atomic mass is 10.3. The van der Waals surface area contributed by atoms with E-state index >= 15 is 0 Å². The second-order valence-corrected chi connectivity index (χ2v) is 6.60. The van der Waals surface area contributed by atoms with Crippen LogP contribution in [0.15, 0.2) is 29.6 Å². The molecule has 6 heteroatoms. The number of benzene rings is 1. The van der Waals surface area contributed by atoms with Crippen LogP contribution < -0.4 is 4.74 Å². The van der Waals surface area contributed by atoms with Crippen molar-refractivity contribution in [3.05, 3.63) is 45.4 Å². The van der Waals surface area contributed by atoms with Gasteiger partial charge in [-0.2, -0.15) is 0 Å². The number of hydrogen-bond donors (Lipinski definition) is 0. The number of hydrogen-bond acceptors (Lipinski definition) is 4. The van der Waals surface area contributed by atoms with Crippen molar-refractivity contribution in [3.63, 3.8) is 0 Å². The van der Waals surface area contributed by atoms with Crippen LogP contribution in [0.4, 0.5) is 0 Å². The third-order valence-corrected chi connectivity index (χ3v) is 4.22. The fraction of sp³-hybridized carbons (Fsp3) is 0.375. The maximum atomic E-state index is 11.6. The molecule has 0 unspecified atom stereocenters. The number of carbonyl (C=O) groups is 1. The fourth-order valence-corrected chi connectivity index (χ4v) is 2.90. The average molecular weight is 339 g/mol. The molecule has 118 valence electrons. The van der Waals surface area contributed by atoms with Gasteiger partial charge in [0.25, 0.3) is 0 Å². The van der Waals surface area contributed by atoms with Crippen LogP contribution in [0.5, 0.6) is 5.75 Å². The minimum atomic E-state index is 0.0553. The van der Waals surface area contributed by atoms with Gasteiger partial charge in [0.15, 0.2) is 0 Å². The quantitative estimate of drug-likeness (QED) is 0.795. The van der Waals surface area contributed by atoms with Gasteiger partial charge in [-0.15, -0.1) is 11.3 Å². The van der Waals surface area contributed by atoms with E-state index in [1.54, 1.807) is 24.0 Å². The van der Waals surface area contributed by atoms with Gasteiger partial charge < -0.3 is 9.64 Å². The Hall–Kier alpha value is -1.59. The van der Waals surface area contributed by atoms with E-state index < -0.39 is 0 Å². The SMILES string of the molecule is CC(=O)N(Cc1csc(COc2cccc(Cl)c2)n1)C(C)C. The van der Waals surface area contributed by atoms with Crippen LogP contribution in [-0.4, -0.2) is 21.8 Å². The Kier molecular flexibility index (Phi) is 5.80. The van der Waals surface area contributed by atoms with Gasteiger partial charge in [0, 0.05) is 23.4 Å². The predicted octanol–water partition coefficient (Wildman–Crippen LogP) is 4.13. The Balaban J connectivity index is 1.95. The molecule has 1 aromatic carbocycles. The Bertz CT molecular complexity index is 643. The molecule has 2 aromatic rings. The summed E-state index contributed by atoms with van der Waals surface area (Å²) >= 11 is 7.45. The van der Waals surface area contributed by atoms with Crippen LogP contribution >= 0.6 is 22.9 Å². The highest BCUT2D eigenvalue weighted by Gasteiger charge is 2.15. The molecule has 0 aliphatic carbocycles. The number of halogens is 1. The second-order valence-electron chi connectivity index (χ2n) is 5.22. The Morgan fingerprint density at radius 3 is 2.86 bits per heavy atom. The highest BCUT2D eigenvalue weighted by molar-refractivity contribution is 7.09. The zero-order valence-electron chi connectivity index (χ0n) is 12.9. The normalized spacial score (nSPS) is 10.8. The number of ether oxygens (including phenoxy) is 1. The van der Waals surface area contributed by atoms with Gasteiger partial charge in [-0.05, 0) is 32.0 Å². The first-order chi connectivity index (χ1) is 10.5. The Labute approximate surface area is 139 Å². The van der Waals surface area contributed by atoms with Crippen LogP contribution in [0.1, 0.15) is 31.5 Å². The minimum Gasteiger partial charge on any atom is -0.486 e. The van der Waals surface area contributed by atoms with Gasteiger partial charge in [-0.1, -0.05) is 17.7 Å². The molecular formula is C16H19ClN2O2S. The summed E-state index contributed by atoms with van der Waals surface area (Å²) in [7, 11) is 0. The van der Waals surface area contributed by atoms with E-state index in [1.165, 1.54) is 11.3 Å². The molecule has 0 N–H and O–H groups in total. The lowest BCUT2D eigenvalue weighted by Crippen LogP contribution is -2.34. The molecule has 0 saturated carbocycles. The molecule has 1 aromatic heterocycles. The summed E-state index contributed by atoms with van der Waals surface area (Å²) in [5.74, 6) is 0.775. The number of thiazole rings is 1. The van der Waals surface area contributed by atoms with Crippen LogP contribution in [0.25, 0.3) is 0 Å². The van der Waals surface area contributed by atoms with E-state index in [9.17, 15) is 4.79 Å². The summed E-state index contributed by atoms with van der Waals surface area (Å²) in [6, 6.07) is 7.43. The monoisotopic (exact) mass is 338 g/mol. The van der Waals surface area contributed by atoms with Gasteiger partial charge >= 0.3 is 0 Å². The van der Waals surface area contributed by atoms with E-state index in [-0.39, 0.29) is 11.9 Å². The summed E-state index contributed by atoms with van der Waals surface area (Å²) in [6.07, 6.45) is 0. The molecule has 0 atom stereocenters. The number of amides is 1. The lowest BCUT2D eigenvalue weighted by Gasteiger charge is -2.24. The van der Waals surface area contributed by atoms with Crippen LogP contribution in [0.2, 0.25) is 5.02 Å². The summed E-state index contributed by atoms with van der Waals surface area (Å²) in [4.78, 5) is 17.9. The largest absolute Gasteiger partial charge is 0.486 e. The summed E-state index contributed by atoms with van der Waals surface area (Å²) < 4.78 is 5.67. The highest BCUT2D eigenvalue weighted by atomic mass is 35.5. The molecule has 0 aliphatic rings. The second kappa shape index (κ2) is 7.61. The third-order valence-electron chi connectivity index (χ3n) is 3.12. The minimum absolute atomic E-state index is 0.0553. The molecule has 0 fully saturated rings. The van der Waals surface area contributed by atoms with Crippen LogP contribution in [0.3, 0.4) is 0 Å². The zero-order valence-corrected chi connectivity index (χ0v) is 14.4. The van der Waals surface area contributed by atoms with Crippen molar-refractivity contribution in [1.82, 2.24) is 9.88 Å². The van der Waals surface area contributed by atoms with Crippen molar-refractivity contribution < 1.29 is 9.53 Å². The predicted molar refractivity (Wildman–Crippen MR) is 89.3 cm³/mol. The smallest absolute Gasteiger partial charge is 0.220 e. The number of carbonyl (C=O) groups excluding carboxylic acids is 1. The topological polar surface area (TPSA) is 42.4 Å². The molecule has 1 amide bonds. The van der Waals surface area contributed by atoms with Crippen molar-refractivity contribution in [2.75, 3.05) is 0 Å². The van der Waals surface area contributed by atoms with Crippen molar-refractivity contribution in [1.29, 1.82) is 0 Å². The molecular weight excluding hydrogens is 320 g/mol. The van der Waals surface area contributed by atoms with E-state index in [1.807, 2.05) is 31.4 Å². The molecule has 4 nitrogen and oxygen atoms in total. The Morgan fingerprint density at radius 1 is 1.45 bits per heavy atom. The number of nitrogens with zero attached hydrogens (tertiary/aromatic N) is 2. The maximum Gasteiger partial charge on any atom is 0.220 e. The number of rotatable bonds is 6. The maximum absolute atomic E-state index is 11.6. The first-order valence-corrected chi connectivity index (χ1v) is 8.30. The van der Waals surface area contributed by atoms with E-state index in [4.69, 9.17) is 16.3 Å². The summed E-state index contributed by atoms with van der Waals surface area (Å²) in [6.45, 7) is 6.50. The molecule has 0 radical (unpaired) electrons. The molecule has 22 heavy (non-hydrogen) atoms. The van der Waals surface area contributed by atoms with Gasteiger partial charge in [0.2, 0.25) is 5.91 Å². The first-order valence-electron chi connectivity index (χ1n) is 7.04. The Morgan fingerprint density at radius 2 is 2.23 bits per heavy atom. The van der Waals surface area contributed by atoms with Crippen molar-refractivity contribution in [3.8, 4) is 5.75 Å². The van der Waals surface area contributed by atoms with E-state index in [0.29, 0.717) is 18.2 Å². The van der Waals surface area contributed by atoms with Gasteiger partial charge in [0.05, 0.1) is 12.2 Å². The van der Waals surface area contributed by atoms with Crippen molar-refractivity contribution >= 4 is 28.8 Å². The van der Waals surface area contributed by atoms with Crippen LogP contribution in [0, 0.1) is 0 Å². The molecule has 0 spiro atoms. The summed E-state index contributed by atoms with van der Waals surface area (Å²) in [5.41, 5.74) is 0.888. The average Bonchev–Trinajstić information content (AvgIpc) is 2.90. The molecule has 0 saturated heterocycles. The fourth-order valence-electron chi connectivity index (χ4n) is 2.02. The van der Waals surface area contributed by atoms with E-state index in [2.05, 4.69) is 4.98 Å². The highest BCUT2D eigenvalue weighted by Crippen LogP contribution is 2.20. The zero-order chi connectivity index (χ0) is 16.1. The lowest BCUT2D eigenvalue weighted by molar-refractivity contribution is -0.131. The van der Waals surface area contributed by atoms with Gasteiger partial charge in [0.1, 0.15) is 17.4 Å².